The molecule has 2 aromatic heterocycles. The first-order valence-corrected chi connectivity index (χ1v) is 5.78. The predicted molar refractivity (Wildman–Crippen MR) is 69.8 cm³/mol. The standard InChI is InChI=1S/C12H17N5O/c1-8-5-6-11(18)17(14-8)7-10-9(2)15-16(4)12(10)13-3/h5-6,13H,7H2,1-4H3. The molecule has 0 unspecified atom stereocenters. The summed E-state index contributed by atoms with van der Waals surface area (Å²) in [5.74, 6) is 0.905. The van der Waals surface area contributed by atoms with E-state index in [1.165, 1.54) is 10.7 Å². The fraction of sp³-hybridized carbons (Fsp3) is 0.417. The maximum Gasteiger partial charge on any atom is 0.267 e. The van der Waals surface area contributed by atoms with Crippen molar-refractivity contribution in [3.05, 3.63) is 39.4 Å². The Kier molecular flexibility index (Phi) is 3.18. The van der Waals surface area contributed by atoms with Gasteiger partial charge in [0.2, 0.25) is 0 Å². The largest absolute Gasteiger partial charge is 0.373 e. The Labute approximate surface area is 105 Å². The van der Waals surface area contributed by atoms with Gasteiger partial charge in [0.25, 0.3) is 5.56 Å². The number of nitrogens with one attached hydrogen (secondary N) is 1. The summed E-state index contributed by atoms with van der Waals surface area (Å²) < 4.78 is 3.23. The van der Waals surface area contributed by atoms with Gasteiger partial charge in [-0.3, -0.25) is 9.48 Å². The molecule has 0 aliphatic rings. The van der Waals surface area contributed by atoms with E-state index in [9.17, 15) is 4.79 Å². The Bertz CT molecular complexity index is 626. The second-order valence-electron chi connectivity index (χ2n) is 4.26. The molecule has 0 saturated carbocycles. The fourth-order valence-electron chi connectivity index (χ4n) is 2.02. The molecule has 1 N–H and O–H groups in total. The molecule has 0 spiro atoms. The highest BCUT2D eigenvalue weighted by Gasteiger charge is 2.13. The van der Waals surface area contributed by atoms with Crippen LogP contribution in [0, 0.1) is 13.8 Å². The second-order valence-corrected chi connectivity index (χ2v) is 4.26. The lowest BCUT2D eigenvalue weighted by molar-refractivity contribution is 0.627. The van der Waals surface area contributed by atoms with Gasteiger partial charge in [-0.2, -0.15) is 10.2 Å². The van der Waals surface area contributed by atoms with Crippen LogP contribution in [0.1, 0.15) is 17.0 Å². The van der Waals surface area contributed by atoms with Crippen molar-refractivity contribution in [2.24, 2.45) is 7.05 Å². The number of aryl methyl sites for hydroxylation is 3. The molecule has 0 amide bonds. The minimum Gasteiger partial charge on any atom is -0.373 e. The maximum absolute atomic E-state index is 11.7. The lowest BCUT2D eigenvalue weighted by Crippen LogP contribution is -2.23. The van der Waals surface area contributed by atoms with Crippen LogP contribution >= 0.6 is 0 Å². The van der Waals surface area contributed by atoms with Crippen LogP contribution in [0.2, 0.25) is 0 Å². The summed E-state index contributed by atoms with van der Waals surface area (Å²) in [6.45, 7) is 4.22. The monoisotopic (exact) mass is 247 g/mol. The quantitative estimate of drug-likeness (QED) is 0.866. The van der Waals surface area contributed by atoms with Crippen LogP contribution in [-0.2, 0) is 13.6 Å². The lowest BCUT2D eigenvalue weighted by atomic mass is 10.2. The van der Waals surface area contributed by atoms with Gasteiger partial charge < -0.3 is 5.32 Å². The van der Waals surface area contributed by atoms with Crippen molar-refractivity contribution >= 4 is 5.82 Å². The molecule has 0 saturated heterocycles. The van der Waals surface area contributed by atoms with Crippen LogP contribution in [-0.4, -0.2) is 26.6 Å². The molecule has 0 aromatic carbocycles. The minimum atomic E-state index is -0.106. The van der Waals surface area contributed by atoms with E-state index in [1.807, 2.05) is 27.9 Å². The molecule has 6 nitrogen and oxygen atoms in total. The summed E-state index contributed by atoms with van der Waals surface area (Å²) >= 11 is 0. The molecular formula is C12H17N5O. The van der Waals surface area contributed by atoms with E-state index in [0.29, 0.717) is 6.54 Å². The molecule has 0 fully saturated rings. The van der Waals surface area contributed by atoms with Crippen molar-refractivity contribution in [2.75, 3.05) is 12.4 Å². The summed E-state index contributed by atoms with van der Waals surface area (Å²) in [7, 11) is 3.71. The van der Waals surface area contributed by atoms with Gasteiger partial charge in [-0.15, -0.1) is 0 Å². The van der Waals surface area contributed by atoms with Crippen molar-refractivity contribution in [1.29, 1.82) is 0 Å². The van der Waals surface area contributed by atoms with Gasteiger partial charge in [0.1, 0.15) is 5.82 Å². The minimum absolute atomic E-state index is 0.106. The number of aromatic nitrogens is 4. The summed E-state index contributed by atoms with van der Waals surface area (Å²) in [5, 5.41) is 11.7. The van der Waals surface area contributed by atoms with Gasteiger partial charge in [0.05, 0.1) is 17.9 Å². The molecule has 2 rings (SSSR count). The third-order valence-electron chi connectivity index (χ3n) is 2.89. The average molecular weight is 247 g/mol. The Hall–Kier alpha value is -2.11. The van der Waals surface area contributed by atoms with Crippen molar-refractivity contribution in [3.8, 4) is 0 Å². The van der Waals surface area contributed by atoms with Gasteiger partial charge in [0.15, 0.2) is 0 Å². The zero-order valence-electron chi connectivity index (χ0n) is 11.1. The van der Waals surface area contributed by atoms with E-state index in [4.69, 9.17) is 0 Å². The molecule has 0 aliphatic heterocycles. The number of anilines is 1. The SMILES string of the molecule is CNc1c(Cn2nc(C)ccc2=O)c(C)nn1C. The van der Waals surface area contributed by atoms with Crippen LogP contribution in [0.25, 0.3) is 0 Å². The van der Waals surface area contributed by atoms with Crippen molar-refractivity contribution < 1.29 is 0 Å². The molecule has 0 radical (unpaired) electrons. The summed E-state index contributed by atoms with van der Waals surface area (Å²) in [5.41, 5.74) is 2.60. The molecule has 0 atom stereocenters. The molecule has 0 aliphatic carbocycles. The van der Waals surface area contributed by atoms with Crippen LogP contribution in [0.5, 0.6) is 0 Å². The fourth-order valence-corrected chi connectivity index (χ4v) is 2.02. The first-order valence-electron chi connectivity index (χ1n) is 5.78. The van der Waals surface area contributed by atoms with E-state index < -0.39 is 0 Å². The highest BCUT2D eigenvalue weighted by Crippen LogP contribution is 2.18. The smallest absolute Gasteiger partial charge is 0.267 e. The molecule has 18 heavy (non-hydrogen) atoms. The van der Waals surface area contributed by atoms with Gasteiger partial charge in [-0.25, -0.2) is 4.68 Å². The first-order chi connectivity index (χ1) is 8.52. The molecular weight excluding hydrogens is 230 g/mol. The molecule has 6 heteroatoms. The van der Waals surface area contributed by atoms with Gasteiger partial charge in [0, 0.05) is 25.7 Å². The van der Waals surface area contributed by atoms with Crippen LogP contribution in [0.4, 0.5) is 5.82 Å². The van der Waals surface area contributed by atoms with E-state index in [-0.39, 0.29) is 5.56 Å². The number of hydrogen-bond acceptors (Lipinski definition) is 4. The summed E-state index contributed by atoms with van der Waals surface area (Å²) in [6.07, 6.45) is 0. The maximum atomic E-state index is 11.7. The number of rotatable bonds is 3. The number of nitrogens with zero attached hydrogens (tertiary/aromatic N) is 4. The van der Waals surface area contributed by atoms with Gasteiger partial charge >= 0.3 is 0 Å². The van der Waals surface area contributed by atoms with Crippen LogP contribution < -0.4 is 10.9 Å². The third-order valence-corrected chi connectivity index (χ3v) is 2.89. The highest BCUT2D eigenvalue weighted by atomic mass is 16.1. The molecule has 2 aromatic rings. The lowest BCUT2D eigenvalue weighted by Gasteiger charge is -2.07. The molecule has 0 bridgehead atoms. The van der Waals surface area contributed by atoms with Crippen molar-refractivity contribution in [1.82, 2.24) is 19.6 Å². The van der Waals surface area contributed by atoms with Crippen molar-refractivity contribution in [3.63, 3.8) is 0 Å². The Morgan fingerprint density at radius 1 is 1.28 bits per heavy atom. The summed E-state index contributed by atoms with van der Waals surface area (Å²) in [4.78, 5) is 11.7. The molecule has 2 heterocycles. The first kappa shape index (κ1) is 12.3. The number of hydrogen-bond donors (Lipinski definition) is 1. The van der Waals surface area contributed by atoms with Crippen molar-refractivity contribution in [2.45, 2.75) is 20.4 Å². The predicted octanol–water partition coefficient (Wildman–Crippen LogP) is 0.684. The Morgan fingerprint density at radius 2 is 2.00 bits per heavy atom. The van der Waals surface area contributed by atoms with E-state index in [0.717, 1.165) is 22.8 Å². The van der Waals surface area contributed by atoms with E-state index >= 15 is 0 Å². The van der Waals surface area contributed by atoms with E-state index in [2.05, 4.69) is 15.5 Å². The topological polar surface area (TPSA) is 64.7 Å². The highest BCUT2D eigenvalue weighted by molar-refractivity contribution is 5.47. The summed E-state index contributed by atoms with van der Waals surface area (Å²) in [6, 6.07) is 3.25. The van der Waals surface area contributed by atoms with Gasteiger partial charge in [-0.1, -0.05) is 0 Å². The zero-order chi connectivity index (χ0) is 13.3. The Morgan fingerprint density at radius 3 is 2.67 bits per heavy atom. The van der Waals surface area contributed by atoms with Crippen LogP contribution in [0.3, 0.4) is 0 Å². The molecule has 96 valence electrons. The van der Waals surface area contributed by atoms with Gasteiger partial charge in [-0.05, 0) is 19.9 Å². The second kappa shape index (κ2) is 4.64. The normalized spacial score (nSPS) is 10.7. The third kappa shape index (κ3) is 2.13. The zero-order valence-corrected chi connectivity index (χ0v) is 11.1. The van der Waals surface area contributed by atoms with E-state index in [1.54, 1.807) is 10.7 Å². The van der Waals surface area contributed by atoms with Crippen LogP contribution in [0.15, 0.2) is 16.9 Å². The Balaban J connectivity index is 2.46. The average Bonchev–Trinajstić information content (AvgIpc) is 2.58.